The number of nitriles is 1. The molecule has 0 spiro atoms. The van der Waals surface area contributed by atoms with Crippen molar-refractivity contribution < 1.29 is 18.3 Å². The van der Waals surface area contributed by atoms with Gasteiger partial charge in [0.25, 0.3) is 5.91 Å². The standard InChI is InChI=1S/C24H26N2O4S.CHN/c1-16-7-6-8-18(15-16)24(2,3)22(27)23(28)26-19-13-11-17(12-14-19)20-9-4-5-10-21(20)31(25,29)30;1-2/h4-15,22,27H,1-3H3,(H,26,28)(H2,25,29,30);1H. The quantitative estimate of drug-likeness (QED) is 0.510. The number of nitrogens with one attached hydrogen (secondary N) is 1. The molecule has 33 heavy (non-hydrogen) atoms. The first-order valence-electron chi connectivity index (χ1n) is 10.0. The maximum Gasteiger partial charge on any atom is 0.254 e. The number of aryl methyl sites for hydroxylation is 1. The van der Waals surface area contributed by atoms with Crippen LogP contribution in [0, 0.1) is 18.8 Å². The smallest absolute Gasteiger partial charge is 0.254 e. The van der Waals surface area contributed by atoms with Gasteiger partial charge in [-0.3, -0.25) is 4.79 Å². The molecular formula is C25H27N3O4S. The minimum Gasteiger partial charge on any atom is -0.382 e. The molecule has 7 nitrogen and oxygen atoms in total. The molecule has 0 radical (unpaired) electrons. The highest BCUT2D eigenvalue weighted by Crippen LogP contribution is 2.30. The van der Waals surface area contributed by atoms with Gasteiger partial charge in [-0.15, -0.1) is 0 Å². The zero-order valence-electron chi connectivity index (χ0n) is 18.7. The topological polar surface area (TPSA) is 133 Å². The number of benzene rings is 3. The molecule has 1 amide bonds. The molecule has 0 saturated heterocycles. The van der Waals surface area contributed by atoms with Gasteiger partial charge < -0.3 is 10.4 Å². The highest BCUT2D eigenvalue weighted by molar-refractivity contribution is 7.89. The van der Waals surface area contributed by atoms with Crippen molar-refractivity contribution in [2.24, 2.45) is 5.14 Å². The van der Waals surface area contributed by atoms with Crippen LogP contribution in [0.15, 0.2) is 77.7 Å². The highest BCUT2D eigenvalue weighted by Gasteiger charge is 2.35. The van der Waals surface area contributed by atoms with Crippen molar-refractivity contribution in [3.8, 4) is 17.7 Å². The van der Waals surface area contributed by atoms with Crippen molar-refractivity contribution in [2.45, 2.75) is 37.2 Å². The van der Waals surface area contributed by atoms with Crippen LogP contribution in [-0.4, -0.2) is 25.5 Å². The van der Waals surface area contributed by atoms with Crippen LogP contribution in [0.3, 0.4) is 0 Å². The minimum atomic E-state index is -3.87. The van der Waals surface area contributed by atoms with E-state index in [0.29, 0.717) is 16.8 Å². The summed E-state index contributed by atoms with van der Waals surface area (Å²) in [5.41, 5.74) is 2.73. The van der Waals surface area contributed by atoms with Crippen molar-refractivity contribution in [1.82, 2.24) is 0 Å². The molecule has 0 bridgehead atoms. The van der Waals surface area contributed by atoms with Gasteiger partial charge in [0.15, 0.2) is 0 Å². The number of hydrogen-bond acceptors (Lipinski definition) is 5. The lowest BCUT2D eigenvalue weighted by Gasteiger charge is -2.30. The Labute approximate surface area is 194 Å². The number of amides is 1. The zero-order chi connectivity index (χ0) is 24.8. The second-order valence-electron chi connectivity index (χ2n) is 8.10. The van der Waals surface area contributed by atoms with Crippen LogP contribution < -0.4 is 10.5 Å². The third kappa shape index (κ3) is 6.05. The average Bonchev–Trinajstić information content (AvgIpc) is 2.80. The van der Waals surface area contributed by atoms with Crippen molar-refractivity contribution in [2.75, 3.05) is 5.32 Å². The molecule has 3 aromatic carbocycles. The predicted molar refractivity (Wildman–Crippen MR) is 129 cm³/mol. The summed E-state index contributed by atoms with van der Waals surface area (Å²) in [6.07, 6.45) is -1.27. The van der Waals surface area contributed by atoms with Crippen LogP contribution in [0.1, 0.15) is 25.0 Å². The van der Waals surface area contributed by atoms with E-state index in [1.165, 1.54) is 6.07 Å². The van der Waals surface area contributed by atoms with Gasteiger partial charge in [0.1, 0.15) is 6.10 Å². The largest absolute Gasteiger partial charge is 0.382 e. The third-order valence-electron chi connectivity index (χ3n) is 5.35. The molecule has 4 N–H and O–H groups in total. The van der Waals surface area contributed by atoms with Crippen molar-refractivity contribution in [1.29, 1.82) is 5.26 Å². The second kappa shape index (κ2) is 10.4. The van der Waals surface area contributed by atoms with Crippen LogP contribution in [0.25, 0.3) is 11.1 Å². The van der Waals surface area contributed by atoms with Gasteiger partial charge in [-0.25, -0.2) is 18.8 Å². The summed E-state index contributed by atoms with van der Waals surface area (Å²) in [6, 6.07) is 20.8. The van der Waals surface area contributed by atoms with E-state index in [1.54, 1.807) is 42.5 Å². The molecule has 0 saturated carbocycles. The van der Waals surface area contributed by atoms with Crippen molar-refractivity contribution >= 4 is 21.6 Å². The number of aliphatic hydroxyl groups excluding tert-OH is 1. The average molecular weight is 466 g/mol. The number of anilines is 1. The Balaban J connectivity index is 0.00000187. The third-order valence-corrected chi connectivity index (χ3v) is 6.32. The number of nitrogens with two attached hydrogens (primary N) is 1. The Bertz CT molecular complexity index is 1250. The maximum absolute atomic E-state index is 12.7. The summed E-state index contributed by atoms with van der Waals surface area (Å²) in [6.45, 7) is 9.10. The predicted octanol–water partition coefficient (Wildman–Crippen LogP) is 3.73. The van der Waals surface area contributed by atoms with E-state index < -0.39 is 27.4 Å². The normalized spacial score (nSPS) is 12.2. The molecule has 3 aromatic rings. The molecule has 0 aliphatic heterocycles. The number of carbonyl (C=O) groups is 1. The first kappa shape index (κ1) is 25.7. The zero-order valence-corrected chi connectivity index (χ0v) is 19.5. The fraction of sp³-hybridized carbons (Fsp3) is 0.200. The summed E-state index contributed by atoms with van der Waals surface area (Å²) in [4.78, 5) is 12.7. The Kier molecular flexibility index (Phi) is 8.12. The lowest BCUT2D eigenvalue weighted by atomic mass is 9.78. The number of nitrogens with zero attached hydrogens (tertiary/aromatic N) is 1. The van der Waals surface area contributed by atoms with E-state index >= 15 is 0 Å². The molecular weight excluding hydrogens is 438 g/mol. The van der Waals surface area contributed by atoms with E-state index in [1.807, 2.05) is 45.0 Å². The Morgan fingerprint density at radius 2 is 1.64 bits per heavy atom. The molecule has 8 heteroatoms. The monoisotopic (exact) mass is 465 g/mol. The van der Waals surface area contributed by atoms with Gasteiger partial charge in [0, 0.05) is 23.2 Å². The first-order chi connectivity index (χ1) is 15.5. The Morgan fingerprint density at radius 1 is 1.03 bits per heavy atom. The van der Waals surface area contributed by atoms with Gasteiger partial charge in [0.2, 0.25) is 10.0 Å². The van der Waals surface area contributed by atoms with Gasteiger partial charge in [0.05, 0.1) is 4.90 Å². The Hall–Kier alpha value is -3.51. The summed E-state index contributed by atoms with van der Waals surface area (Å²) in [5, 5.41) is 25.3. The number of aliphatic hydroxyl groups is 1. The second-order valence-corrected chi connectivity index (χ2v) is 9.63. The van der Waals surface area contributed by atoms with Crippen LogP contribution in [0.4, 0.5) is 5.69 Å². The SMILES string of the molecule is C#N.Cc1cccc(C(C)(C)C(O)C(=O)Nc2ccc(-c3ccccc3S(N)(=O)=O)cc2)c1. The van der Waals surface area contributed by atoms with Gasteiger partial charge in [-0.2, -0.15) is 0 Å². The number of hydrogen-bond donors (Lipinski definition) is 3. The van der Waals surface area contributed by atoms with E-state index in [9.17, 15) is 18.3 Å². The van der Waals surface area contributed by atoms with Crippen LogP contribution in [0.2, 0.25) is 0 Å². The molecule has 0 aromatic heterocycles. The van der Waals surface area contributed by atoms with E-state index in [-0.39, 0.29) is 4.90 Å². The molecule has 0 fully saturated rings. The molecule has 3 rings (SSSR count). The molecule has 0 aliphatic rings. The molecule has 172 valence electrons. The minimum absolute atomic E-state index is 0.0297. The summed E-state index contributed by atoms with van der Waals surface area (Å²) < 4.78 is 23.7. The van der Waals surface area contributed by atoms with Gasteiger partial charge in [-0.1, -0.05) is 74.0 Å². The van der Waals surface area contributed by atoms with E-state index in [2.05, 4.69) is 11.9 Å². The number of carbonyl (C=O) groups excluding carboxylic acids is 1. The van der Waals surface area contributed by atoms with Crippen LogP contribution in [0.5, 0.6) is 0 Å². The van der Waals surface area contributed by atoms with Crippen LogP contribution in [-0.2, 0) is 20.2 Å². The fourth-order valence-electron chi connectivity index (χ4n) is 3.43. The van der Waals surface area contributed by atoms with Gasteiger partial charge >= 0.3 is 0 Å². The van der Waals surface area contributed by atoms with Crippen molar-refractivity contribution in [3.63, 3.8) is 0 Å². The number of sulfonamides is 1. The van der Waals surface area contributed by atoms with Gasteiger partial charge in [-0.05, 0) is 36.2 Å². The number of rotatable bonds is 6. The highest BCUT2D eigenvalue weighted by atomic mass is 32.2. The summed E-state index contributed by atoms with van der Waals surface area (Å²) in [5.74, 6) is -0.524. The van der Waals surface area contributed by atoms with E-state index in [4.69, 9.17) is 10.4 Å². The molecule has 0 heterocycles. The molecule has 1 unspecified atom stereocenters. The molecule has 0 aliphatic carbocycles. The lowest BCUT2D eigenvalue weighted by Crippen LogP contribution is -2.43. The van der Waals surface area contributed by atoms with Crippen LogP contribution >= 0.6 is 0 Å². The van der Waals surface area contributed by atoms with Crippen molar-refractivity contribution in [3.05, 3.63) is 83.9 Å². The first-order valence-corrected chi connectivity index (χ1v) is 11.6. The summed E-state index contributed by atoms with van der Waals surface area (Å²) >= 11 is 0. The summed E-state index contributed by atoms with van der Waals surface area (Å²) in [7, 11) is -3.87. The fourth-order valence-corrected chi connectivity index (χ4v) is 4.19. The van der Waals surface area contributed by atoms with E-state index in [0.717, 1.165) is 11.1 Å². The number of primary sulfonamides is 1. The maximum atomic E-state index is 12.7. The lowest BCUT2D eigenvalue weighted by molar-refractivity contribution is -0.127. The Morgan fingerprint density at radius 3 is 2.21 bits per heavy atom. The molecule has 1 atom stereocenters.